The van der Waals surface area contributed by atoms with Crippen molar-refractivity contribution < 1.29 is 9.53 Å². The van der Waals surface area contributed by atoms with Gasteiger partial charge in [0.05, 0.1) is 0 Å². The van der Waals surface area contributed by atoms with Crippen LogP contribution in [0.25, 0.3) is 0 Å². The fourth-order valence-corrected chi connectivity index (χ4v) is 1.76. The highest BCUT2D eigenvalue weighted by molar-refractivity contribution is 5.85. The fraction of sp³-hybridized carbons (Fsp3) is 0.909. The van der Waals surface area contributed by atoms with Crippen LogP contribution in [0.4, 0.5) is 0 Å². The number of hydrogen-bond donors (Lipinski definition) is 2. The molecule has 0 bridgehead atoms. The zero-order valence-corrected chi connectivity index (χ0v) is 11.0. The maximum absolute atomic E-state index is 11.3. The lowest BCUT2D eigenvalue weighted by atomic mass is 9.81. The van der Waals surface area contributed by atoms with Crippen molar-refractivity contribution in [3.05, 3.63) is 0 Å². The molecule has 16 heavy (non-hydrogen) atoms. The van der Waals surface area contributed by atoms with Gasteiger partial charge in [0, 0.05) is 13.2 Å². The number of halogens is 1. The second kappa shape index (κ2) is 7.87. The Bertz CT molecular complexity index is 206. The second-order valence-electron chi connectivity index (χ2n) is 4.47. The van der Waals surface area contributed by atoms with Crippen molar-refractivity contribution in [3.63, 3.8) is 0 Å². The Morgan fingerprint density at radius 2 is 2.06 bits per heavy atom. The van der Waals surface area contributed by atoms with Gasteiger partial charge in [-0.25, -0.2) is 0 Å². The summed E-state index contributed by atoms with van der Waals surface area (Å²) in [6.45, 7) is 7.77. The molecule has 1 aliphatic rings. The van der Waals surface area contributed by atoms with Gasteiger partial charge in [0.25, 0.3) is 0 Å². The Kier molecular flexibility index (Phi) is 7.72. The van der Waals surface area contributed by atoms with E-state index in [0.717, 1.165) is 32.5 Å². The van der Waals surface area contributed by atoms with Gasteiger partial charge in [0.15, 0.2) is 0 Å². The molecule has 0 aromatic carbocycles. The van der Waals surface area contributed by atoms with E-state index < -0.39 is 0 Å². The summed E-state index contributed by atoms with van der Waals surface area (Å²) in [5.41, 5.74) is 0.257. The molecule has 0 unspecified atom stereocenters. The molecule has 1 heterocycles. The molecule has 0 spiro atoms. The van der Waals surface area contributed by atoms with E-state index in [2.05, 4.69) is 17.6 Å². The first-order chi connectivity index (χ1) is 7.16. The third-order valence-electron chi connectivity index (χ3n) is 2.96. The van der Waals surface area contributed by atoms with Gasteiger partial charge in [-0.3, -0.25) is 4.79 Å². The van der Waals surface area contributed by atoms with Crippen LogP contribution in [0.5, 0.6) is 0 Å². The van der Waals surface area contributed by atoms with E-state index in [1.165, 1.54) is 0 Å². The smallest absolute Gasteiger partial charge is 0.246 e. The SMILES string of the molecule is CCOCC(=O)NCC1(C)CCNCC1.Cl. The summed E-state index contributed by atoms with van der Waals surface area (Å²) in [5, 5.41) is 6.26. The van der Waals surface area contributed by atoms with Gasteiger partial charge >= 0.3 is 0 Å². The second-order valence-corrected chi connectivity index (χ2v) is 4.47. The van der Waals surface area contributed by atoms with Crippen LogP contribution in [0, 0.1) is 5.41 Å². The third-order valence-corrected chi connectivity index (χ3v) is 2.96. The lowest BCUT2D eigenvalue weighted by Gasteiger charge is -2.34. The summed E-state index contributed by atoms with van der Waals surface area (Å²) in [4.78, 5) is 11.3. The Balaban J connectivity index is 0.00000225. The third kappa shape index (κ3) is 5.68. The number of carbonyl (C=O) groups is 1. The van der Waals surface area contributed by atoms with E-state index in [9.17, 15) is 4.79 Å². The van der Waals surface area contributed by atoms with Gasteiger partial charge in [-0.15, -0.1) is 12.4 Å². The largest absolute Gasteiger partial charge is 0.372 e. The molecule has 1 aliphatic heterocycles. The molecule has 4 nitrogen and oxygen atoms in total. The van der Waals surface area contributed by atoms with Crippen LogP contribution in [-0.4, -0.2) is 38.8 Å². The highest BCUT2D eigenvalue weighted by atomic mass is 35.5. The molecule has 0 aromatic heterocycles. The minimum Gasteiger partial charge on any atom is -0.372 e. The number of rotatable bonds is 5. The first-order valence-electron chi connectivity index (χ1n) is 5.71. The topological polar surface area (TPSA) is 50.4 Å². The molecule has 96 valence electrons. The molecule has 0 atom stereocenters. The fourth-order valence-electron chi connectivity index (χ4n) is 1.76. The summed E-state index contributed by atoms with van der Waals surface area (Å²) in [6, 6.07) is 0. The zero-order chi connectivity index (χ0) is 11.1. The summed E-state index contributed by atoms with van der Waals surface area (Å²) in [7, 11) is 0. The molecule has 2 N–H and O–H groups in total. The van der Waals surface area contributed by atoms with E-state index in [4.69, 9.17) is 4.74 Å². The van der Waals surface area contributed by atoms with Crippen LogP contribution in [0.1, 0.15) is 26.7 Å². The van der Waals surface area contributed by atoms with Gasteiger partial charge in [-0.05, 0) is 38.3 Å². The molecule has 0 saturated carbocycles. The summed E-state index contributed by atoms with van der Waals surface area (Å²) in [6.07, 6.45) is 2.25. The molecule has 1 fully saturated rings. The Labute approximate surface area is 104 Å². The highest BCUT2D eigenvalue weighted by Gasteiger charge is 2.26. The van der Waals surface area contributed by atoms with Crippen molar-refractivity contribution in [2.45, 2.75) is 26.7 Å². The number of amides is 1. The van der Waals surface area contributed by atoms with Gasteiger partial charge in [-0.1, -0.05) is 6.92 Å². The van der Waals surface area contributed by atoms with Crippen LogP contribution in [-0.2, 0) is 9.53 Å². The molecule has 1 amide bonds. The highest BCUT2D eigenvalue weighted by Crippen LogP contribution is 2.26. The van der Waals surface area contributed by atoms with Crippen LogP contribution in [0.15, 0.2) is 0 Å². The monoisotopic (exact) mass is 250 g/mol. The molecule has 0 radical (unpaired) electrons. The average molecular weight is 251 g/mol. The number of hydrogen-bond acceptors (Lipinski definition) is 3. The molecule has 5 heteroatoms. The predicted molar refractivity (Wildman–Crippen MR) is 67.0 cm³/mol. The van der Waals surface area contributed by atoms with E-state index in [0.29, 0.717) is 6.61 Å². The average Bonchev–Trinajstić information content (AvgIpc) is 2.25. The molecule has 1 saturated heterocycles. The zero-order valence-electron chi connectivity index (χ0n) is 10.2. The van der Waals surface area contributed by atoms with Crippen molar-refractivity contribution in [1.29, 1.82) is 0 Å². The van der Waals surface area contributed by atoms with Gasteiger partial charge < -0.3 is 15.4 Å². The van der Waals surface area contributed by atoms with E-state index in [1.54, 1.807) is 0 Å². The maximum Gasteiger partial charge on any atom is 0.246 e. The maximum atomic E-state index is 11.3. The van der Waals surface area contributed by atoms with Crippen LogP contribution in [0.3, 0.4) is 0 Å². The van der Waals surface area contributed by atoms with Crippen molar-refractivity contribution in [1.82, 2.24) is 10.6 Å². The van der Waals surface area contributed by atoms with Crippen LogP contribution in [0.2, 0.25) is 0 Å². The Morgan fingerprint density at radius 3 is 2.62 bits per heavy atom. The van der Waals surface area contributed by atoms with Crippen molar-refractivity contribution in [2.75, 3.05) is 32.8 Å². The van der Waals surface area contributed by atoms with Crippen LogP contribution < -0.4 is 10.6 Å². The lowest BCUT2D eigenvalue weighted by molar-refractivity contribution is -0.126. The Hall–Kier alpha value is -0.320. The first-order valence-corrected chi connectivity index (χ1v) is 5.71. The minimum absolute atomic E-state index is 0. The first kappa shape index (κ1) is 15.7. The number of piperidine rings is 1. The molecular weight excluding hydrogens is 228 g/mol. The van der Waals surface area contributed by atoms with Gasteiger partial charge in [0.1, 0.15) is 6.61 Å². The quantitative estimate of drug-likeness (QED) is 0.764. The minimum atomic E-state index is -0.00314. The lowest BCUT2D eigenvalue weighted by Crippen LogP contribution is -2.43. The van der Waals surface area contributed by atoms with Gasteiger partial charge in [0.2, 0.25) is 5.91 Å². The predicted octanol–water partition coefficient (Wildman–Crippen LogP) is 0.951. The summed E-state index contributed by atoms with van der Waals surface area (Å²) < 4.78 is 5.04. The van der Waals surface area contributed by atoms with Crippen molar-refractivity contribution in [2.24, 2.45) is 5.41 Å². The van der Waals surface area contributed by atoms with Crippen molar-refractivity contribution >= 4 is 18.3 Å². The Morgan fingerprint density at radius 1 is 1.44 bits per heavy atom. The standard InChI is InChI=1S/C11H22N2O2.ClH/c1-3-15-8-10(14)13-9-11(2)4-6-12-7-5-11;/h12H,3-9H2,1-2H3,(H,13,14);1H. The van der Waals surface area contributed by atoms with Crippen LogP contribution >= 0.6 is 12.4 Å². The number of carbonyl (C=O) groups excluding carboxylic acids is 1. The van der Waals surface area contributed by atoms with Gasteiger partial charge in [-0.2, -0.15) is 0 Å². The molecular formula is C11H23ClN2O2. The summed E-state index contributed by atoms with van der Waals surface area (Å²) in [5.74, 6) is -0.00314. The number of nitrogens with one attached hydrogen (secondary N) is 2. The molecule has 0 aromatic rings. The molecule has 1 rings (SSSR count). The normalized spacial score (nSPS) is 18.6. The van der Waals surface area contributed by atoms with E-state index >= 15 is 0 Å². The van der Waals surface area contributed by atoms with E-state index in [-0.39, 0.29) is 30.3 Å². The van der Waals surface area contributed by atoms with Crippen molar-refractivity contribution in [3.8, 4) is 0 Å². The van der Waals surface area contributed by atoms with E-state index in [1.807, 2.05) is 6.92 Å². The molecule has 0 aliphatic carbocycles. The number of ether oxygens (including phenoxy) is 1. The summed E-state index contributed by atoms with van der Waals surface area (Å²) >= 11 is 0.